The number of hydrogen-bond acceptors (Lipinski definition) is 3. The fourth-order valence-corrected chi connectivity index (χ4v) is 3.86. The van der Waals surface area contributed by atoms with Crippen molar-refractivity contribution in [1.29, 1.82) is 0 Å². The standard InChI is InChI=1S/C22H21NOS/c1-16-11-13-18(14-12-16)22(25-21-10-6-5-9-19(21)23)15-20(24)17-7-3-2-4-8-17/h2-14,22H,15,23H2,1H3. The van der Waals surface area contributed by atoms with E-state index in [2.05, 4.69) is 31.2 Å². The van der Waals surface area contributed by atoms with Gasteiger partial charge in [-0.15, -0.1) is 11.8 Å². The molecule has 1 unspecified atom stereocenters. The van der Waals surface area contributed by atoms with Crippen LogP contribution in [0.2, 0.25) is 0 Å². The Hall–Kier alpha value is -2.52. The third-order valence-electron chi connectivity index (χ3n) is 4.10. The van der Waals surface area contributed by atoms with Gasteiger partial charge in [0.25, 0.3) is 0 Å². The molecule has 1 atom stereocenters. The molecule has 0 spiro atoms. The first-order valence-corrected chi connectivity index (χ1v) is 9.17. The summed E-state index contributed by atoms with van der Waals surface area (Å²) in [4.78, 5) is 13.7. The Kier molecular flexibility index (Phi) is 5.56. The third-order valence-corrected chi connectivity index (χ3v) is 5.45. The molecule has 2 N–H and O–H groups in total. The van der Waals surface area contributed by atoms with Crippen molar-refractivity contribution < 1.29 is 4.79 Å². The lowest BCUT2D eigenvalue weighted by atomic mass is 10.0. The first-order chi connectivity index (χ1) is 12.1. The molecule has 0 bridgehead atoms. The quantitative estimate of drug-likeness (QED) is 0.354. The van der Waals surface area contributed by atoms with E-state index in [9.17, 15) is 4.79 Å². The molecule has 0 amide bonds. The number of para-hydroxylation sites is 1. The summed E-state index contributed by atoms with van der Waals surface area (Å²) in [6.45, 7) is 2.07. The highest BCUT2D eigenvalue weighted by Gasteiger charge is 2.19. The molecule has 0 aliphatic heterocycles. The van der Waals surface area contributed by atoms with Crippen LogP contribution < -0.4 is 5.73 Å². The average Bonchev–Trinajstić information content (AvgIpc) is 2.64. The van der Waals surface area contributed by atoms with Crippen LogP contribution in [0.4, 0.5) is 5.69 Å². The van der Waals surface area contributed by atoms with Gasteiger partial charge >= 0.3 is 0 Å². The molecule has 25 heavy (non-hydrogen) atoms. The van der Waals surface area contributed by atoms with E-state index in [4.69, 9.17) is 5.73 Å². The highest BCUT2D eigenvalue weighted by atomic mass is 32.2. The van der Waals surface area contributed by atoms with Crippen molar-refractivity contribution in [2.24, 2.45) is 0 Å². The van der Waals surface area contributed by atoms with Crippen LogP contribution in [-0.4, -0.2) is 5.78 Å². The summed E-state index contributed by atoms with van der Waals surface area (Å²) < 4.78 is 0. The topological polar surface area (TPSA) is 43.1 Å². The van der Waals surface area contributed by atoms with Crippen molar-refractivity contribution in [3.8, 4) is 0 Å². The van der Waals surface area contributed by atoms with E-state index < -0.39 is 0 Å². The summed E-state index contributed by atoms with van der Waals surface area (Å²) in [5.41, 5.74) is 9.96. The number of carbonyl (C=O) groups excluding carboxylic acids is 1. The molecular formula is C22H21NOS. The number of thioether (sulfide) groups is 1. The predicted octanol–water partition coefficient (Wildman–Crippen LogP) is 5.68. The lowest BCUT2D eigenvalue weighted by Crippen LogP contribution is -2.06. The molecule has 3 aromatic rings. The first-order valence-electron chi connectivity index (χ1n) is 8.29. The van der Waals surface area contributed by atoms with Crippen LogP contribution in [0.1, 0.15) is 33.2 Å². The zero-order valence-electron chi connectivity index (χ0n) is 14.2. The Balaban J connectivity index is 1.87. The number of hydrogen-bond donors (Lipinski definition) is 1. The Morgan fingerprint density at radius 3 is 2.24 bits per heavy atom. The van der Waals surface area contributed by atoms with Crippen LogP contribution in [0.5, 0.6) is 0 Å². The van der Waals surface area contributed by atoms with Crippen LogP contribution in [0.3, 0.4) is 0 Å². The molecule has 3 aromatic carbocycles. The number of aryl methyl sites for hydroxylation is 1. The molecule has 0 saturated heterocycles. The number of anilines is 1. The van der Waals surface area contributed by atoms with Gasteiger partial charge in [0.2, 0.25) is 0 Å². The van der Waals surface area contributed by atoms with Gasteiger partial charge in [0, 0.05) is 27.8 Å². The van der Waals surface area contributed by atoms with Crippen molar-refractivity contribution in [1.82, 2.24) is 0 Å². The number of carbonyl (C=O) groups is 1. The van der Waals surface area contributed by atoms with Gasteiger partial charge in [-0.1, -0.05) is 72.3 Å². The molecule has 0 saturated carbocycles. The number of benzene rings is 3. The van der Waals surface area contributed by atoms with Crippen molar-refractivity contribution in [2.45, 2.75) is 23.5 Å². The molecule has 0 radical (unpaired) electrons. The van der Waals surface area contributed by atoms with E-state index in [0.29, 0.717) is 6.42 Å². The molecule has 3 heteroatoms. The molecule has 3 rings (SSSR count). The fraction of sp³-hybridized carbons (Fsp3) is 0.136. The summed E-state index contributed by atoms with van der Waals surface area (Å²) in [5, 5.41) is 0.0259. The smallest absolute Gasteiger partial charge is 0.164 e. The van der Waals surface area contributed by atoms with Crippen LogP contribution in [0.15, 0.2) is 83.8 Å². The lowest BCUT2D eigenvalue weighted by molar-refractivity contribution is 0.0982. The SMILES string of the molecule is Cc1ccc(C(CC(=O)c2ccccc2)Sc2ccccc2N)cc1. The fourth-order valence-electron chi connectivity index (χ4n) is 2.66. The van der Waals surface area contributed by atoms with E-state index in [1.54, 1.807) is 11.8 Å². The van der Waals surface area contributed by atoms with E-state index >= 15 is 0 Å². The molecule has 0 aromatic heterocycles. The molecule has 126 valence electrons. The Morgan fingerprint density at radius 1 is 0.920 bits per heavy atom. The largest absolute Gasteiger partial charge is 0.398 e. The second-order valence-corrected chi connectivity index (χ2v) is 7.29. The molecule has 2 nitrogen and oxygen atoms in total. The Labute approximate surface area is 153 Å². The first kappa shape index (κ1) is 17.3. The number of ketones is 1. The average molecular weight is 347 g/mol. The highest BCUT2D eigenvalue weighted by Crippen LogP contribution is 2.40. The summed E-state index contributed by atoms with van der Waals surface area (Å²) in [6.07, 6.45) is 0.437. The normalized spacial score (nSPS) is 11.9. The minimum absolute atomic E-state index is 0.0259. The number of nitrogen functional groups attached to an aromatic ring is 1. The maximum atomic E-state index is 12.7. The van der Waals surface area contributed by atoms with E-state index in [1.165, 1.54) is 5.56 Å². The van der Waals surface area contributed by atoms with Gasteiger partial charge in [-0.05, 0) is 24.6 Å². The molecule has 0 aliphatic rings. The monoisotopic (exact) mass is 347 g/mol. The number of Topliss-reactive ketones (excluding diaryl/α,β-unsaturated/α-hetero) is 1. The summed E-state index contributed by atoms with van der Waals surface area (Å²) in [6, 6.07) is 25.6. The second-order valence-electron chi connectivity index (χ2n) is 6.05. The van der Waals surface area contributed by atoms with Gasteiger partial charge in [0.05, 0.1) is 0 Å². The van der Waals surface area contributed by atoms with Crippen molar-refractivity contribution in [3.63, 3.8) is 0 Å². The van der Waals surface area contributed by atoms with Crippen LogP contribution in [0, 0.1) is 6.92 Å². The van der Waals surface area contributed by atoms with E-state index in [1.807, 2.05) is 54.6 Å². The van der Waals surface area contributed by atoms with Crippen molar-refractivity contribution >= 4 is 23.2 Å². The van der Waals surface area contributed by atoms with Crippen LogP contribution in [0.25, 0.3) is 0 Å². The van der Waals surface area contributed by atoms with E-state index in [0.717, 1.165) is 21.7 Å². The van der Waals surface area contributed by atoms with E-state index in [-0.39, 0.29) is 11.0 Å². The van der Waals surface area contributed by atoms with Crippen molar-refractivity contribution in [2.75, 3.05) is 5.73 Å². The molecule has 0 fully saturated rings. The zero-order valence-corrected chi connectivity index (χ0v) is 15.0. The minimum atomic E-state index is 0.0259. The van der Waals surface area contributed by atoms with Gasteiger partial charge in [-0.25, -0.2) is 0 Å². The Bertz CT molecular complexity index is 843. The third kappa shape index (κ3) is 4.52. The zero-order chi connectivity index (χ0) is 17.6. The predicted molar refractivity (Wildman–Crippen MR) is 106 cm³/mol. The van der Waals surface area contributed by atoms with Gasteiger partial charge in [-0.2, -0.15) is 0 Å². The number of rotatable bonds is 6. The van der Waals surface area contributed by atoms with Crippen LogP contribution >= 0.6 is 11.8 Å². The highest BCUT2D eigenvalue weighted by molar-refractivity contribution is 7.99. The van der Waals surface area contributed by atoms with Crippen molar-refractivity contribution in [3.05, 3.63) is 95.6 Å². The van der Waals surface area contributed by atoms with Gasteiger partial charge in [0.15, 0.2) is 5.78 Å². The second kappa shape index (κ2) is 8.04. The lowest BCUT2D eigenvalue weighted by Gasteiger charge is -2.18. The number of nitrogens with two attached hydrogens (primary N) is 1. The van der Waals surface area contributed by atoms with Gasteiger partial charge in [0.1, 0.15) is 0 Å². The maximum Gasteiger partial charge on any atom is 0.164 e. The van der Waals surface area contributed by atoms with Gasteiger partial charge in [-0.3, -0.25) is 4.79 Å². The maximum absolute atomic E-state index is 12.7. The van der Waals surface area contributed by atoms with Crippen LogP contribution in [-0.2, 0) is 0 Å². The molecule has 0 heterocycles. The molecular weight excluding hydrogens is 326 g/mol. The summed E-state index contributed by atoms with van der Waals surface area (Å²) >= 11 is 1.65. The summed E-state index contributed by atoms with van der Waals surface area (Å²) in [7, 11) is 0. The van der Waals surface area contributed by atoms with Gasteiger partial charge < -0.3 is 5.73 Å². The Morgan fingerprint density at radius 2 is 1.56 bits per heavy atom. The minimum Gasteiger partial charge on any atom is -0.398 e. The summed E-state index contributed by atoms with van der Waals surface area (Å²) in [5.74, 6) is 0.146. The molecule has 0 aliphatic carbocycles.